The highest BCUT2D eigenvalue weighted by Gasteiger charge is 2.36. The maximum Gasteiger partial charge on any atom is 0.131 e. The molecule has 0 bridgehead atoms. The van der Waals surface area contributed by atoms with Crippen molar-refractivity contribution >= 4 is 44.9 Å². The molecule has 1 N–H and O–H groups in total. The van der Waals surface area contributed by atoms with Crippen molar-refractivity contribution in [1.29, 1.82) is 0 Å². The second-order valence-corrected chi connectivity index (χ2v) is 16.2. The third kappa shape index (κ3) is 5.81. The van der Waals surface area contributed by atoms with Gasteiger partial charge in [-0.25, -0.2) is 0 Å². The van der Waals surface area contributed by atoms with Crippen molar-refractivity contribution in [3.8, 4) is 33.4 Å². The van der Waals surface area contributed by atoms with Crippen LogP contribution in [-0.2, 0) is 5.41 Å². The number of fused-ring (bicyclic) bond motifs is 5. The van der Waals surface area contributed by atoms with Crippen LogP contribution in [0.25, 0.3) is 44.2 Å². The highest BCUT2D eigenvalue weighted by atomic mass is 15.3. The van der Waals surface area contributed by atoms with Crippen LogP contribution in [0.3, 0.4) is 0 Å². The van der Waals surface area contributed by atoms with Crippen molar-refractivity contribution < 1.29 is 0 Å². The second-order valence-electron chi connectivity index (χ2n) is 16.2. The van der Waals surface area contributed by atoms with E-state index < -0.39 is 0 Å². The lowest BCUT2D eigenvalue weighted by molar-refractivity contribution is 0.660. The Bertz CT molecular complexity index is 2990. The quantitative estimate of drug-likeness (QED) is 0.175. The third-order valence-corrected chi connectivity index (χ3v) is 12.5. The minimum atomic E-state index is -0.0864. The summed E-state index contributed by atoms with van der Waals surface area (Å²) < 4.78 is 0. The fourth-order valence-corrected chi connectivity index (χ4v) is 9.54. The molecule has 1 heterocycles. The molecule has 0 saturated carbocycles. The van der Waals surface area contributed by atoms with Crippen LogP contribution in [0.4, 0.5) is 34.1 Å². The molecular formula is C56H43N3. The van der Waals surface area contributed by atoms with Gasteiger partial charge in [-0.2, -0.15) is 0 Å². The summed E-state index contributed by atoms with van der Waals surface area (Å²) >= 11 is 0. The van der Waals surface area contributed by atoms with Crippen LogP contribution >= 0.6 is 0 Å². The van der Waals surface area contributed by atoms with Gasteiger partial charge in [0.25, 0.3) is 0 Å². The van der Waals surface area contributed by atoms with Crippen molar-refractivity contribution in [3.63, 3.8) is 0 Å². The molecule has 0 spiro atoms. The number of para-hydroxylation sites is 3. The molecule has 2 aliphatic rings. The van der Waals surface area contributed by atoms with Gasteiger partial charge < -0.3 is 15.1 Å². The van der Waals surface area contributed by atoms with Gasteiger partial charge in [-0.15, -0.1) is 0 Å². The summed E-state index contributed by atoms with van der Waals surface area (Å²) in [6.45, 7) is 4.70. The summed E-state index contributed by atoms with van der Waals surface area (Å²) in [5.74, 6) is 0. The Hall–Kier alpha value is -7.36. The molecule has 9 aromatic rings. The van der Waals surface area contributed by atoms with E-state index in [0.717, 1.165) is 28.4 Å². The molecule has 1 aliphatic heterocycles. The monoisotopic (exact) mass is 757 g/mol. The van der Waals surface area contributed by atoms with Crippen LogP contribution in [0.5, 0.6) is 0 Å². The number of hydrogen-bond acceptors (Lipinski definition) is 3. The van der Waals surface area contributed by atoms with Gasteiger partial charge >= 0.3 is 0 Å². The van der Waals surface area contributed by atoms with E-state index in [1.807, 2.05) is 0 Å². The van der Waals surface area contributed by atoms with E-state index >= 15 is 0 Å². The van der Waals surface area contributed by atoms with E-state index in [0.29, 0.717) is 0 Å². The summed E-state index contributed by atoms with van der Waals surface area (Å²) in [5.41, 5.74) is 18.3. The molecule has 59 heavy (non-hydrogen) atoms. The van der Waals surface area contributed by atoms with Crippen molar-refractivity contribution in [2.45, 2.75) is 25.4 Å². The molecule has 9 aromatic carbocycles. The van der Waals surface area contributed by atoms with Gasteiger partial charge in [-0.3, -0.25) is 0 Å². The topological polar surface area (TPSA) is 18.5 Å². The lowest BCUT2D eigenvalue weighted by Crippen LogP contribution is -2.24. The van der Waals surface area contributed by atoms with Crippen LogP contribution in [0.1, 0.15) is 36.7 Å². The molecule has 0 amide bonds. The standard InChI is InChI=1S/C56H43N3/c1-56(2)50-22-12-11-20-46(50)47-34-29-41(37-51(47)56)40-27-32-44(33-28-40)58(43-30-25-39(26-31-43)38-15-5-3-6-16-38)53-36-35-49(45-19-9-10-21-48(45)53)55-57-52-23-13-14-24-54(52)59(55)42-17-7-4-8-18-42/h3-37,55,57H,1-2H3. The fourth-order valence-electron chi connectivity index (χ4n) is 9.54. The van der Waals surface area contributed by atoms with Crippen LogP contribution < -0.4 is 15.1 Å². The summed E-state index contributed by atoms with van der Waals surface area (Å²) in [4.78, 5) is 4.84. The molecule has 0 radical (unpaired) electrons. The predicted molar refractivity (Wildman–Crippen MR) is 248 cm³/mol. The molecule has 11 rings (SSSR count). The molecule has 0 fully saturated rings. The fraction of sp³-hybridized carbons (Fsp3) is 0.0714. The number of benzene rings is 9. The lowest BCUT2D eigenvalue weighted by atomic mass is 9.81. The van der Waals surface area contributed by atoms with Gasteiger partial charge in [0.05, 0.1) is 17.1 Å². The summed E-state index contributed by atoms with van der Waals surface area (Å²) in [6.07, 6.45) is -0.0864. The van der Waals surface area contributed by atoms with Crippen LogP contribution in [0.15, 0.2) is 212 Å². The van der Waals surface area contributed by atoms with Crippen molar-refractivity contribution in [3.05, 3.63) is 229 Å². The molecule has 0 aromatic heterocycles. The minimum Gasteiger partial charge on any atom is -0.359 e. The first-order valence-corrected chi connectivity index (χ1v) is 20.5. The van der Waals surface area contributed by atoms with Gasteiger partial charge in [0.15, 0.2) is 0 Å². The average Bonchev–Trinajstić information content (AvgIpc) is 3.79. The third-order valence-electron chi connectivity index (χ3n) is 12.5. The van der Waals surface area contributed by atoms with E-state index in [9.17, 15) is 0 Å². The van der Waals surface area contributed by atoms with E-state index in [1.54, 1.807) is 0 Å². The lowest BCUT2D eigenvalue weighted by Gasteiger charge is -2.31. The van der Waals surface area contributed by atoms with E-state index in [1.165, 1.54) is 66.5 Å². The molecular weight excluding hydrogens is 715 g/mol. The Balaban J connectivity index is 1.02. The van der Waals surface area contributed by atoms with Gasteiger partial charge in [-0.05, 0) is 111 Å². The largest absolute Gasteiger partial charge is 0.359 e. The zero-order valence-electron chi connectivity index (χ0n) is 33.2. The SMILES string of the molecule is CC1(C)c2ccccc2-c2ccc(-c3ccc(N(c4ccc(-c5ccccc5)cc4)c4ccc(C5Nc6ccccc6N5c5ccccc5)c5ccccc45)cc3)cc21. The molecule has 0 saturated heterocycles. The van der Waals surface area contributed by atoms with Crippen LogP contribution in [0.2, 0.25) is 0 Å². The first kappa shape index (κ1) is 34.9. The number of hydrogen-bond donors (Lipinski definition) is 1. The molecule has 1 atom stereocenters. The summed E-state index contributed by atoms with van der Waals surface area (Å²) in [5, 5.41) is 6.28. The smallest absolute Gasteiger partial charge is 0.131 e. The van der Waals surface area contributed by atoms with Crippen LogP contribution in [-0.4, -0.2) is 0 Å². The first-order valence-electron chi connectivity index (χ1n) is 20.5. The Morgan fingerprint density at radius 3 is 1.76 bits per heavy atom. The molecule has 3 nitrogen and oxygen atoms in total. The zero-order chi connectivity index (χ0) is 39.5. The van der Waals surface area contributed by atoms with E-state index in [4.69, 9.17) is 0 Å². The average molecular weight is 758 g/mol. The molecule has 3 heteroatoms. The number of rotatable bonds is 7. The maximum atomic E-state index is 3.89. The van der Waals surface area contributed by atoms with Crippen molar-refractivity contribution in [2.75, 3.05) is 15.1 Å². The zero-order valence-corrected chi connectivity index (χ0v) is 33.2. The van der Waals surface area contributed by atoms with E-state index in [2.05, 4.69) is 241 Å². The highest BCUT2D eigenvalue weighted by molar-refractivity contribution is 6.02. The Labute approximate surface area is 346 Å². The Morgan fingerprint density at radius 2 is 1.02 bits per heavy atom. The number of anilines is 6. The molecule has 1 unspecified atom stereocenters. The highest BCUT2D eigenvalue weighted by Crippen LogP contribution is 2.51. The van der Waals surface area contributed by atoms with Crippen molar-refractivity contribution in [2.24, 2.45) is 0 Å². The Morgan fingerprint density at radius 1 is 0.458 bits per heavy atom. The van der Waals surface area contributed by atoms with E-state index in [-0.39, 0.29) is 11.6 Å². The van der Waals surface area contributed by atoms with Gasteiger partial charge in [0.2, 0.25) is 0 Å². The summed E-state index contributed by atoms with van der Waals surface area (Å²) in [7, 11) is 0. The minimum absolute atomic E-state index is 0.0489. The second kappa shape index (κ2) is 13.9. The van der Waals surface area contributed by atoms with Crippen LogP contribution in [0, 0.1) is 0 Å². The summed E-state index contributed by atoms with van der Waals surface area (Å²) in [6, 6.07) is 77.4. The molecule has 282 valence electrons. The first-order chi connectivity index (χ1) is 29.0. The van der Waals surface area contributed by atoms with Gasteiger partial charge in [0, 0.05) is 33.4 Å². The normalized spacial score (nSPS) is 14.7. The van der Waals surface area contributed by atoms with Crippen molar-refractivity contribution in [1.82, 2.24) is 0 Å². The predicted octanol–water partition coefficient (Wildman–Crippen LogP) is 15.2. The number of nitrogens with one attached hydrogen (secondary N) is 1. The molecule has 1 aliphatic carbocycles. The van der Waals surface area contributed by atoms with Gasteiger partial charge in [-0.1, -0.05) is 166 Å². The number of nitrogens with zero attached hydrogens (tertiary/aromatic N) is 2. The Kier molecular flexibility index (Phi) is 8.23. The van der Waals surface area contributed by atoms with Gasteiger partial charge in [0.1, 0.15) is 6.17 Å². The maximum absolute atomic E-state index is 3.89.